The number of rotatable bonds is 11. The third-order valence-corrected chi connectivity index (χ3v) is 3.28. The van der Waals surface area contributed by atoms with Gasteiger partial charge in [-0.1, -0.05) is 39.2 Å². The summed E-state index contributed by atoms with van der Waals surface area (Å²) in [5.41, 5.74) is 0. The summed E-state index contributed by atoms with van der Waals surface area (Å²) in [5.74, 6) is -1.84. The van der Waals surface area contributed by atoms with Gasteiger partial charge < -0.3 is 0 Å². The third-order valence-electron chi connectivity index (χ3n) is 3.28. The monoisotopic (exact) mass is 332 g/mol. The van der Waals surface area contributed by atoms with E-state index in [9.17, 15) is 19.2 Å². The molecule has 4 amide bonds. The summed E-state index contributed by atoms with van der Waals surface area (Å²) >= 11 is 0. The minimum atomic E-state index is -0.459. The van der Waals surface area contributed by atoms with Crippen LogP contribution >= 0.6 is 0 Å². The molecule has 0 atom stereocenters. The number of carbonyl (C=O) groups excluding carboxylic acids is 4. The summed E-state index contributed by atoms with van der Waals surface area (Å²) < 4.78 is 0. The van der Waals surface area contributed by atoms with Crippen molar-refractivity contribution in [1.29, 1.82) is 0 Å². The predicted octanol–water partition coefficient (Wildman–Crippen LogP) is 2.00. The first kappa shape index (κ1) is 21.2. The number of hydrogen-bond acceptors (Lipinski definition) is 4. The summed E-state index contributed by atoms with van der Waals surface area (Å²) in [5, 5.41) is 0. The fourth-order valence-electron chi connectivity index (χ4n) is 1.99. The van der Waals surface area contributed by atoms with Gasteiger partial charge in [-0.3, -0.25) is 29.0 Å². The Hall–Kier alpha value is -2.76. The van der Waals surface area contributed by atoms with Gasteiger partial charge in [-0.25, -0.2) is 0 Å². The topological polar surface area (TPSA) is 74.8 Å². The van der Waals surface area contributed by atoms with Crippen LogP contribution in [0, 0.1) is 0 Å². The molecule has 0 rings (SSSR count). The number of unbranched alkanes of at least 4 members (excludes halogenated alkanes) is 3. The Morgan fingerprint density at radius 2 is 0.792 bits per heavy atom. The molecule has 24 heavy (non-hydrogen) atoms. The van der Waals surface area contributed by atoms with Crippen LogP contribution in [-0.2, 0) is 19.2 Å². The molecule has 0 aliphatic rings. The van der Waals surface area contributed by atoms with Crippen molar-refractivity contribution in [2.24, 2.45) is 0 Å². The van der Waals surface area contributed by atoms with Crippen LogP contribution in [0.1, 0.15) is 25.7 Å². The second-order valence-corrected chi connectivity index (χ2v) is 4.89. The molecule has 0 aliphatic heterocycles. The zero-order valence-corrected chi connectivity index (χ0v) is 13.9. The van der Waals surface area contributed by atoms with E-state index in [1.165, 1.54) is 0 Å². The number of nitrogens with zero attached hydrogens (tertiary/aromatic N) is 2. The molecule has 0 saturated carbocycles. The molecule has 0 N–H and O–H groups in total. The van der Waals surface area contributed by atoms with E-state index in [-0.39, 0.29) is 13.1 Å². The molecule has 0 spiro atoms. The van der Waals surface area contributed by atoms with Crippen LogP contribution in [0.15, 0.2) is 50.6 Å². The number of carbonyl (C=O) groups is 4. The Morgan fingerprint density at radius 1 is 0.542 bits per heavy atom. The molecule has 0 unspecified atom stereocenters. The zero-order chi connectivity index (χ0) is 18.5. The van der Waals surface area contributed by atoms with E-state index >= 15 is 0 Å². The van der Waals surface area contributed by atoms with Gasteiger partial charge >= 0.3 is 0 Å². The van der Waals surface area contributed by atoms with Crippen molar-refractivity contribution in [3.8, 4) is 0 Å². The first-order valence-corrected chi connectivity index (χ1v) is 7.63. The molecule has 130 valence electrons. The quantitative estimate of drug-likeness (QED) is 0.428. The van der Waals surface area contributed by atoms with E-state index in [0.717, 1.165) is 46.9 Å². The average molecular weight is 332 g/mol. The van der Waals surface area contributed by atoms with Gasteiger partial charge in [0.15, 0.2) is 0 Å². The second-order valence-electron chi connectivity index (χ2n) is 4.89. The van der Waals surface area contributed by atoms with Gasteiger partial charge in [0.2, 0.25) is 0 Å². The maximum absolute atomic E-state index is 11.6. The van der Waals surface area contributed by atoms with Gasteiger partial charge in [-0.2, -0.15) is 0 Å². The van der Waals surface area contributed by atoms with Crippen molar-refractivity contribution in [2.75, 3.05) is 13.1 Å². The molecule has 0 fully saturated rings. The highest BCUT2D eigenvalue weighted by Gasteiger charge is 2.17. The molecule has 6 nitrogen and oxygen atoms in total. The third kappa shape index (κ3) is 7.00. The van der Waals surface area contributed by atoms with Crippen LogP contribution in [-0.4, -0.2) is 46.5 Å². The molecule has 0 aromatic rings. The Morgan fingerprint density at radius 3 is 1.00 bits per heavy atom. The Bertz CT molecular complexity index is 449. The molecule has 0 heterocycles. The maximum Gasteiger partial charge on any atom is 0.252 e. The Labute approximate surface area is 142 Å². The fraction of sp³-hybridized carbons (Fsp3) is 0.333. The van der Waals surface area contributed by atoms with E-state index in [2.05, 4.69) is 26.3 Å². The van der Waals surface area contributed by atoms with Crippen molar-refractivity contribution < 1.29 is 19.2 Å². The second kappa shape index (κ2) is 11.8. The van der Waals surface area contributed by atoms with Crippen LogP contribution in [0.4, 0.5) is 0 Å². The molecule has 0 bridgehead atoms. The minimum absolute atomic E-state index is 0.274. The number of amides is 4. The van der Waals surface area contributed by atoms with Crippen LogP contribution in [0.25, 0.3) is 0 Å². The summed E-state index contributed by atoms with van der Waals surface area (Å²) in [4.78, 5) is 48.5. The highest BCUT2D eigenvalue weighted by atomic mass is 16.2. The van der Waals surface area contributed by atoms with Gasteiger partial charge in [0.05, 0.1) is 0 Å². The largest absolute Gasteiger partial charge is 0.275 e. The molecular formula is C18H24N2O4. The highest BCUT2D eigenvalue weighted by Crippen LogP contribution is 2.06. The van der Waals surface area contributed by atoms with Crippen molar-refractivity contribution >= 4 is 23.6 Å². The summed E-state index contributed by atoms with van der Waals surface area (Å²) in [6.45, 7) is 14.0. The average Bonchev–Trinajstić information content (AvgIpc) is 2.61. The van der Waals surface area contributed by atoms with Crippen LogP contribution in [0.3, 0.4) is 0 Å². The van der Waals surface area contributed by atoms with Crippen LogP contribution < -0.4 is 0 Å². The molecule has 0 aromatic carbocycles. The van der Waals surface area contributed by atoms with Crippen LogP contribution in [0.5, 0.6) is 0 Å². The lowest BCUT2D eigenvalue weighted by Crippen LogP contribution is -2.35. The molecule has 0 saturated heterocycles. The van der Waals surface area contributed by atoms with E-state index in [4.69, 9.17) is 0 Å². The highest BCUT2D eigenvalue weighted by molar-refractivity contribution is 6.05. The van der Waals surface area contributed by atoms with Crippen LogP contribution in [0.2, 0.25) is 0 Å². The zero-order valence-electron chi connectivity index (χ0n) is 13.9. The lowest BCUT2D eigenvalue weighted by molar-refractivity contribution is -0.140. The van der Waals surface area contributed by atoms with Gasteiger partial charge in [-0.05, 0) is 37.1 Å². The molecular weight excluding hydrogens is 308 g/mol. The summed E-state index contributed by atoms with van der Waals surface area (Å²) in [6, 6.07) is 0. The van der Waals surface area contributed by atoms with Gasteiger partial charge in [0.25, 0.3) is 23.6 Å². The molecule has 0 aromatic heterocycles. The standard InChI is InChI=1S/C18H24N2O4/c1-5-15(21)19(16(22)6-2)13-11-9-10-12-14-20(17(23)7-3)18(24)8-4/h5-8H,1-4,9-14H2. The smallest absolute Gasteiger partial charge is 0.252 e. The van der Waals surface area contributed by atoms with Gasteiger partial charge in [0.1, 0.15) is 0 Å². The van der Waals surface area contributed by atoms with Crippen molar-refractivity contribution in [1.82, 2.24) is 9.80 Å². The van der Waals surface area contributed by atoms with Crippen molar-refractivity contribution in [3.63, 3.8) is 0 Å². The first-order chi connectivity index (χ1) is 11.4. The first-order valence-electron chi connectivity index (χ1n) is 7.63. The van der Waals surface area contributed by atoms with Gasteiger partial charge in [-0.15, -0.1) is 0 Å². The number of imide groups is 2. The van der Waals surface area contributed by atoms with Crippen molar-refractivity contribution in [3.05, 3.63) is 50.6 Å². The van der Waals surface area contributed by atoms with Gasteiger partial charge in [0, 0.05) is 13.1 Å². The lowest BCUT2D eigenvalue weighted by atomic mass is 10.1. The normalized spacial score (nSPS) is 9.50. The molecule has 0 aliphatic carbocycles. The molecule has 0 radical (unpaired) electrons. The van der Waals surface area contributed by atoms with E-state index < -0.39 is 23.6 Å². The maximum atomic E-state index is 11.6. The van der Waals surface area contributed by atoms with Crippen molar-refractivity contribution in [2.45, 2.75) is 25.7 Å². The molecule has 6 heteroatoms. The van der Waals surface area contributed by atoms with E-state index in [1.54, 1.807) is 0 Å². The Kier molecular flexibility index (Phi) is 10.4. The fourth-order valence-corrected chi connectivity index (χ4v) is 1.99. The van der Waals surface area contributed by atoms with E-state index in [0.29, 0.717) is 12.8 Å². The predicted molar refractivity (Wildman–Crippen MR) is 92.7 cm³/mol. The summed E-state index contributed by atoms with van der Waals surface area (Å²) in [6.07, 6.45) is 7.05. The lowest BCUT2D eigenvalue weighted by Gasteiger charge is -2.18. The number of hydrogen-bond donors (Lipinski definition) is 0. The SMILES string of the molecule is C=CC(=O)N(CCCCCCN(C(=O)C=C)C(=O)C=C)C(=O)C=C. The summed E-state index contributed by atoms with van der Waals surface area (Å²) in [7, 11) is 0. The van der Waals surface area contributed by atoms with E-state index in [1.807, 2.05) is 0 Å². The minimum Gasteiger partial charge on any atom is -0.275 e. The Balaban J connectivity index is 4.28.